The number of aromatic nitrogens is 4. The van der Waals surface area contributed by atoms with Crippen LogP contribution in [-0.4, -0.2) is 29.0 Å². The molecule has 0 unspecified atom stereocenters. The van der Waals surface area contributed by atoms with E-state index in [9.17, 15) is 14.4 Å². The summed E-state index contributed by atoms with van der Waals surface area (Å²) in [5.74, 6) is -0.254. The fourth-order valence-corrected chi connectivity index (χ4v) is 6.16. The van der Waals surface area contributed by atoms with Gasteiger partial charge < -0.3 is 4.74 Å². The molecule has 210 valence electrons. The molecular formula is C30H22ClN5O4S2. The third kappa shape index (κ3) is 4.55. The first-order valence-corrected chi connectivity index (χ1v) is 14.3. The second kappa shape index (κ2) is 10.8. The van der Waals surface area contributed by atoms with E-state index in [1.165, 1.54) is 20.1 Å². The van der Waals surface area contributed by atoms with Gasteiger partial charge in [0.15, 0.2) is 4.32 Å². The summed E-state index contributed by atoms with van der Waals surface area (Å²) >= 11 is 12.9. The van der Waals surface area contributed by atoms with E-state index in [2.05, 4.69) is 4.98 Å². The molecule has 1 amide bonds. The van der Waals surface area contributed by atoms with Crippen LogP contribution in [0.4, 0.5) is 5.69 Å². The summed E-state index contributed by atoms with van der Waals surface area (Å²) in [6.45, 7) is 3.58. The van der Waals surface area contributed by atoms with Crippen LogP contribution in [0.3, 0.4) is 0 Å². The van der Waals surface area contributed by atoms with Crippen LogP contribution in [-0.2, 0) is 11.8 Å². The van der Waals surface area contributed by atoms with Crippen molar-refractivity contribution in [2.45, 2.75) is 13.8 Å². The molecule has 2 aromatic carbocycles. The summed E-state index contributed by atoms with van der Waals surface area (Å²) in [5.41, 5.74) is 1.68. The Kier molecular flexibility index (Phi) is 7.09. The largest absolute Gasteiger partial charge is 0.437 e. The zero-order valence-corrected chi connectivity index (χ0v) is 25.0. The number of hydrogen-bond acceptors (Lipinski definition) is 7. The van der Waals surface area contributed by atoms with Crippen LogP contribution >= 0.6 is 35.6 Å². The number of aryl methyl sites for hydroxylation is 1. The number of ether oxygens (including phenoxy) is 1. The maximum Gasteiger partial charge on any atom is 0.296 e. The highest BCUT2D eigenvalue weighted by molar-refractivity contribution is 8.27. The Morgan fingerprint density at radius 3 is 2.40 bits per heavy atom. The molecule has 0 spiro atoms. The Labute approximate surface area is 254 Å². The number of para-hydroxylation sites is 2. The lowest BCUT2D eigenvalue weighted by Crippen LogP contribution is -2.33. The van der Waals surface area contributed by atoms with Gasteiger partial charge in [0, 0.05) is 13.2 Å². The number of amides is 1. The van der Waals surface area contributed by atoms with Gasteiger partial charge in [-0.2, -0.15) is 4.98 Å². The number of halogens is 1. The van der Waals surface area contributed by atoms with Crippen molar-refractivity contribution < 1.29 is 9.53 Å². The first-order valence-electron chi connectivity index (χ1n) is 12.7. The van der Waals surface area contributed by atoms with Crippen molar-refractivity contribution in [1.29, 1.82) is 0 Å². The van der Waals surface area contributed by atoms with Crippen LogP contribution in [0.1, 0.15) is 16.8 Å². The predicted octanol–water partition coefficient (Wildman–Crippen LogP) is 5.65. The number of thiocarbonyl (C=S) groups is 1. The van der Waals surface area contributed by atoms with Gasteiger partial charge in [0.25, 0.3) is 17.0 Å². The molecule has 42 heavy (non-hydrogen) atoms. The van der Waals surface area contributed by atoms with E-state index in [1.54, 1.807) is 67.3 Å². The van der Waals surface area contributed by atoms with Gasteiger partial charge in [-0.05, 0) is 55.8 Å². The average molecular weight is 616 g/mol. The SMILES string of the molecule is Cc1cccn2c(=O)c(/C=C3/SC(=S)N(c4c(C)n(C)n(-c5ccccc5)c4=O)C3=O)c(Oc3ccccc3Cl)nc12. The van der Waals surface area contributed by atoms with Gasteiger partial charge in [-0.3, -0.25) is 28.4 Å². The molecule has 1 aliphatic heterocycles. The molecule has 1 aliphatic rings. The van der Waals surface area contributed by atoms with E-state index in [0.717, 1.165) is 17.3 Å². The minimum Gasteiger partial charge on any atom is -0.437 e. The molecule has 0 radical (unpaired) electrons. The summed E-state index contributed by atoms with van der Waals surface area (Å²) in [7, 11) is 1.74. The maximum atomic E-state index is 13.8. The minimum absolute atomic E-state index is 0.0185. The normalized spacial score (nSPS) is 14.4. The molecule has 6 rings (SSSR count). The molecule has 1 saturated heterocycles. The molecule has 9 nitrogen and oxygen atoms in total. The number of hydrogen-bond donors (Lipinski definition) is 0. The number of pyridine rings is 1. The smallest absolute Gasteiger partial charge is 0.296 e. The highest BCUT2D eigenvalue weighted by Crippen LogP contribution is 2.38. The number of fused-ring (bicyclic) bond motifs is 1. The average Bonchev–Trinajstić information content (AvgIpc) is 3.37. The number of rotatable bonds is 5. The Morgan fingerprint density at radius 2 is 1.67 bits per heavy atom. The van der Waals surface area contributed by atoms with Crippen molar-refractivity contribution in [3.8, 4) is 17.3 Å². The lowest BCUT2D eigenvalue weighted by Gasteiger charge is -2.13. The van der Waals surface area contributed by atoms with E-state index < -0.39 is 17.0 Å². The van der Waals surface area contributed by atoms with E-state index in [1.807, 2.05) is 31.2 Å². The van der Waals surface area contributed by atoms with Crippen LogP contribution in [0.15, 0.2) is 87.4 Å². The Morgan fingerprint density at radius 1 is 0.952 bits per heavy atom. The van der Waals surface area contributed by atoms with Crippen molar-refractivity contribution in [2.24, 2.45) is 7.05 Å². The zero-order valence-electron chi connectivity index (χ0n) is 22.6. The van der Waals surface area contributed by atoms with E-state index in [-0.39, 0.29) is 26.4 Å². The molecular weight excluding hydrogens is 594 g/mol. The second-order valence-corrected chi connectivity index (χ2v) is 11.6. The third-order valence-corrected chi connectivity index (χ3v) is 8.52. The molecule has 12 heteroatoms. The predicted molar refractivity (Wildman–Crippen MR) is 169 cm³/mol. The summed E-state index contributed by atoms with van der Waals surface area (Å²) < 4.78 is 10.8. The molecule has 1 fully saturated rings. The highest BCUT2D eigenvalue weighted by Gasteiger charge is 2.38. The zero-order chi connectivity index (χ0) is 29.7. The molecule has 5 aromatic rings. The number of anilines is 1. The quantitative estimate of drug-likeness (QED) is 0.186. The van der Waals surface area contributed by atoms with Crippen molar-refractivity contribution in [2.75, 3.05) is 4.90 Å². The molecule has 0 saturated carbocycles. The van der Waals surface area contributed by atoms with Crippen molar-refractivity contribution in [1.82, 2.24) is 18.7 Å². The van der Waals surface area contributed by atoms with Crippen molar-refractivity contribution >= 4 is 63.2 Å². The van der Waals surface area contributed by atoms with Gasteiger partial charge >= 0.3 is 0 Å². The van der Waals surface area contributed by atoms with E-state index in [4.69, 9.17) is 28.6 Å². The molecule has 0 aliphatic carbocycles. The van der Waals surface area contributed by atoms with Crippen LogP contribution < -0.4 is 20.8 Å². The monoisotopic (exact) mass is 615 g/mol. The van der Waals surface area contributed by atoms with Crippen LogP contribution in [0.2, 0.25) is 5.02 Å². The van der Waals surface area contributed by atoms with E-state index in [0.29, 0.717) is 27.8 Å². The van der Waals surface area contributed by atoms with Crippen molar-refractivity contribution in [3.05, 3.63) is 120 Å². The fraction of sp³-hybridized carbons (Fsp3) is 0.100. The summed E-state index contributed by atoms with van der Waals surface area (Å²) in [4.78, 5) is 47.2. The van der Waals surface area contributed by atoms with Crippen LogP contribution in [0, 0.1) is 13.8 Å². The standard InChI is InChI=1S/C30H22ClN5O4S2/c1-17-10-9-15-34-25(17)32-26(40-22-14-8-7-13-21(22)31)20(27(34)37)16-23-28(38)35(30(41)42-23)24-18(2)33(3)36(29(24)39)19-11-5-4-6-12-19/h4-16H,1-3H3/b23-16+. The van der Waals surface area contributed by atoms with Gasteiger partial charge in [-0.1, -0.05) is 72.0 Å². The topological polar surface area (TPSA) is 90.8 Å². The second-order valence-electron chi connectivity index (χ2n) is 9.48. The molecule has 4 heterocycles. The number of thioether (sulfide) groups is 1. The van der Waals surface area contributed by atoms with Crippen LogP contribution in [0.5, 0.6) is 11.6 Å². The number of carbonyl (C=O) groups excluding carboxylic acids is 1. The molecule has 0 N–H and O–H groups in total. The first kappa shape index (κ1) is 27.7. The molecule has 0 atom stereocenters. The van der Waals surface area contributed by atoms with Gasteiger partial charge in [-0.15, -0.1) is 0 Å². The number of benzene rings is 2. The molecule has 0 bridgehead atoms. The number of nitrogens with zero attached hydrogens (tertiary/aromatic N) is 5. The Hall–Kier alpha value is -4.45. The van der Waals surface area contributed by atoms with Gasteiger partial charge in [-0.25, -0.2) is 4.68 Å². The highest BCUT2D eigenvalue weighted by atomic mass is 35.5. The summed E-state index contributed by atoms with van der Waals surface area (Å²) in [6.07, 6.45) is 3.00. The van der Waals surface area contributed by atoms with Crippen LogP contribution in [0.25, 0.3) is 17.4 Å². The lowest BCUT2D eigenvalue weighted by molar-refractivity contribution is -0.113. The Bertz CT molecular complexity index is 2080. The van der Waals surface area contributed by atoms with Gasteiger partial charge in [0.2, 0.25) is 5.88 Å². The fourth-order valence-electron chi connectivity index (χ4n) is 4.73. The van der Waals surface area contributed by atoms with E-state index >= 15 is 0 Å². The first-order chi connectivity index (χ1) is 20.2. The van der Waals surface area contributed by atoms with Gasteiger partial charge in [0.05, 0.1) is 21.3 Å². The maximum absolute atomic E-state index is 13.8. The van der Waals surface area contributed by atoms with Crippen molar-refractivity contribution in [3.63, 3.8) is 0 Å². The number of carbonyl (C=O) groups is 1. The van der Waals surface area contributed by atoms with Gasteiger partial charge in [0.1, 0.15) is 22.6 Å². The Balaban J connectivity index is 1.49. The summed E-state index contributed by atoms with van der Waals surface area (Å²) in [5, 5.41) is 0.329. The lowest BCUT2D eigenvalue weighted by atomic mass is 10.2. The minimum atomic E-state index is -0.534. The molecule has 3 aromatic heterocycles. The third-order valence-electron chi connectivity index (χ3n) is 6.91. The summed E-state index contributed by atoms with van der Waals surface area (Å²) in [6, 6.07) is 19.5.